The number of amides is 2. The summed E-state index contributed by atoms with van der Waals surface area (Å²) in [5, 5.41) is 12.4. The Morgan fingerprint density at radius 1 is 1.03 bits per heavy atom. The number of nitrogens with one attached hydrogen (secondary N) is 1. The number of fused-ring (bicyclic) bond motifs is 3. The molecule has 4 atom stereocenters. The molecular weight excluding hydrogens is 382 g/mol. The number of allylic oxidation sites excluding steroid dienone is 6. The van der Waals surface area contributed by atoms with Gasteiger partial charge in [0.05, 0.1) is 11.8 Å². The van der Waals surface area contributed by atoms with Gasteiger partial charge in [0.2, 0.25) is 11.8 Å². The fraction of sp³-hybridized carbons (Fsp3) is 0.333. The van der Waals surface area contributed by atoms with Crippen molar-refractivity contribution >= 4 is 23.4 Å². The predicted octanol–water partition coefficient (Wildman–Crippen LogP) is 2.42. The van der Waals surface area contributed by atoms with Crippen molar-refractivity contribution in [2.45, 2.75) is 32.6 Å². The number of Topliss-reactive ketones (excluding diaryl/α,β-unsaturated/α-hetero) is 1. The van der Waals surface area contributed by atoms with Gasteiger partial charge in [0.15, 0.2) is 11.6 Å². The van der Waals surface area contributed by atoms with Crippen molar-refractivity contribution in [1.29, 1.82) is 0 Å². The van der Waals surface area contributed by atoms with Gasteiger partial charge in [-0.1, -0.05) is 23.8 Å². The van der Waals surface area contributed by atoms with Crippen LogP contribution in [0.2, 0.25) is 0 Å². The van der Waals surface area contributed by atoms with Crippen molar-refractivity contribution in [2.75, 3.05) is 0 Å². The van der Waals surface area contributed by atoms with E-state index in [1.807, 2.05) is 12.1 Å². The second-order valence-corrected chi connectivity index (χ2v) is 8.63. The molecule has 1 saturated heterocycles. The molecule has 6 heteroatoms. The largest absolute Gasteiger partial charge is 0.508 e. The number of aromatic hydroxyl groups is 1. The lowest BCUT2D eigenvalue weighted by Gasteiger charge is -2.42. The summed E-state index contributed by atoms with van der Waals surface area (Å²) in [5.74, 6) is -2.50. The highest BCUT2D eigenvalue weighted by Gasteiger charge is 2.53. The van der Waals surface area contributed by atoms with Gasteiger partial charge in [-0.15, -0.1) is 0 Å². The number of aryl methyl sites for hydroxylation is 1. The number of imide groups is 1. The molecule has 1 fully saturated rings. The van der Waals surface area contributed by atoms with E-state index in [4.69, 9.17) is 0 Å². The SMILES string of the molecule is CC1=CC(=O)C2=C(C[C@@H]3C(=CC[C@@H]4C(=O)NC(=O)[C@@H]43)[C@@H]2c2ccc(O)c(C)c2)C1=O. The monoisotopic (exact) mass is 403 g/mol. The summed E-state index contributed by atoms with van der Waals surface area (Å²) < 4.78 is 0. The highest BCUT2D eigenvalue weighted by Crippen LogP contribution is 2.54. The van der Waals surface area contributed by atoms with Crippen LogP contribution >= 0.6 is 0 Å². The zero-order chi connectivity index (χ0) is 21.3. The van der Waals surface area contributed by atoms with Crippen LogP contribution in [0.15, 0.2) is 52.6 Å². The molecule has 5 rings (SSSR count). The number of hydrogen-bond donors (Lipinski definition) is 2. The summed E-state index contributed by atoms with van der Waals surface area (Å²) in [4.78, 5) is 50.9. The Labute approximate surface area is 173 Å². The molecule has 0 saturated carbocycles. The normalized spacial score (nSPS) is 30.3. The smallest absolute Gasteiger partial charge is 0.231 e. The minimum Gasteiger partial charge on any atom is -0.508 e. The van der Waals surface area contributed by atoms with E-state index in [0.29, 0.717) is 28.7 Å². The van der Waals surface area contributed by atoms with E-state index in [9.17, 15) is 24.3 Å². The van der Waals surface area contributed by atoms with E-state index in [-0.39, 0.29) is 41.5 Å². The van der Waals surface area contributed by atoms with Gasteiger partial charge in [0, 0.05) is 22.6 Å². The minimum absolute atomic E-state index is 0.153. The third kappa shape index (κ3) is 2.49. The average Bonchev–Trinajstić information content (AvgIpc) is 3.00. The minimum atomic E-state index is -0.527. The second kappa shape index (κ2) is 6.36. The van der Waals surface area contributed by atoms with Crippen LogP contribution in [0, 0.1) is 24.7 Å². The maximum Gasteiger partial charge on any atom is 0.231 e. The fourth-order valence-corrected chi connectivity index (χ4v) is 5.53. The third-order valence-electron chi connectivity index (χ3n) is 6.96. The van der Waals surface area contributed by atoms with E-state index >= 15 is 0 Å². The van der Waals surface area contributed by atoms with Crippen molar-refractivity contribution < 1.29 is 24.3 Å². The van der Waals surface area contributed by atoms with E-state index in [0.717, 1.165) is 11.1 Å². The Kier molecular flexibility index (Phi) is 3.97. The van der Waals surface area contributed by atoms with Gasteiger partial charge in [0.1, 0.15) is 5.75 Å². The van der Waals surface area contributed by atoms with Gasteiger partial charge in [-0.3, -0.25) is 24.5 Å². The van der Waals surface area contributed by atoms with Crippen LogP contribution in [-0.2, 0) is 19.2 Å². The summed E-state index contributed by atoms with van der Waals surface area (Å²) >= 11 is 0. The second-order valence-electron chi connectivity index (χ2n) is 8.63. The number of phenols is 1. The van der Waals surface area contributed by atoms with Gasteiger partial charge >= 0.3 is 0 Å². The summed E-state index contributed by atoms with van der Waals surface area (Å²) in [6.45, 7) is 3.41. The Morgan fingerprint density at radius 2 is 1.80 bits per heavy atom. The van der Waals surface area contributed by atoms with Crippen molar-refractivity contribution in [3.05, 3.63) is 63.8 Å². The lowest BCUT2D eigenvalue weighted by molar-refractivity contribution is -0.126. The van der Waals surface area contributed by atoms with E-state index in [1.54, 1.807) is 26.0 Å². The van der Waals surface area contributed by atoms with Gasteiger partial charge in [0.25, 0.3) is 0 Å². The standard InChI is InChI=1S/C24H21NO5/c1-10-7-12(3-6-17(10)26)19-13-4-5-14-20(24(30)25-23(14)29)15(13)9-16-21(19)18(27)8-11(2)22(16)28/h3-4,6-8,14-15,19-20,26H,5,9H2,1-2H3,(H,25,29,30)/t14-,15+,19-,20-/m0/s1. The average molecular weight is 403 g/mol. The maximum absolute atomic E-state index is 13.0. The molecule has 0 radical (unpaired) electrons. The molecule has 3 aliphatic carbocycles. The van der Waals surface area contributed by atoms with Crippen molar-refractivity contribution in [3.63, 3.8) is 0 Å². The van der Waals surface area contributed by atoms with Gasteiger partial charge in [-0.25, -0.2) is 0 Å². The van der Waals surface area contributed by atoms with E-state index in [2.05, 4.69) is 5.32 Å². The molecule has 30 heavy (non-hydrogen) atoms. The Hall–Kier alpha value is -3.28. The lowest BCUT2D eigenvalue weighted by Crippen LogP contribution is -2.39. The summed E-state index contributed by atoms with van der Waals surface area (Å²) in [7, 11) is 0. The van der Waals surface area contributed by atoms with Crippen LogP contribution in [0.5, 0.6) is 5.75 Å². The number of phenolic OH excluding ortho intramolecular Hbond substituents is 1. The number of carbonyl (C=O) groups is 4. The molecular formula is C24H21NO5. The van der Waals surface area contributed by atoms with Crippen molar-refractivity contribution in [2.24, 2.45) is 17.8 Å². The highest BCUT2D eigenvalue weighted by molar-refractivity contribution is 6.23. The molecule has 2 amide bonds. The molecule has 2 N–H and O–H groups in total. The lowest BCUT2D eigenvalue weighted by atomic mass is 9.59. The molecule has 4 aliphatic rings. The molecule has 1 aromatic carbocycles. The van der Waals surface area contributed by atoms with Crippen LogP contribution in [0.25, 0.3) is 0 Å². The van der Waals surface area contributed by atoms with Crippen molar-refractivity contribution in [3.8, 4) is 5.75 Å². The highest BCUT2D eigenvalue weighted by atomic mass is 16.3. The van der Waals surface area contributed by atoms with Crippen LogP contribution in [-0.4, -0.2) is 28.5 Å². The molecule has 1 heterocycles. The third-order valence-corrected chi connectivity index (χ3v) is 6.96. The number of carbonyl (C=O) groups excluding carboxylic acids is 4. The summed E-state index contributed by atoms with van der Waals surface area (Å²) in [6, 6.07) is 5.17. The van der Waals surface area contributed by atoms with Crippen LogP contribution < -0.4 is 5.32 Å². The molecule has 1 aromatic rings. The first-order valence-corrected chi connectivity index (χ1v) is 10.1. The van der Waals surface area contributed by atoms with Gasteiger partial charge in [-0.05, 0) is 55.9 Å². The first-order valence-electron chi connectivity index (χ1n) is 10.1. The zero-order valence-corrected chi connectivity index (χ0v) is 16.7. The van der Waals surface area contributed by atoms with Crippen molar-refractivity contribution in [1.82, 2.24) is 5.32 Å². The Balaban J connectivity index is 1.73. The first-order chi connectivity index (χ1) is 14.3. The van der Waals surface area contributed by atoms with E-state index < -0.39 is 17.8 Å². The molecule has 0 spiro atoms. The number of benzene rings is 1. The molecule has 0 aromatic heterocycles. The van der Waals surface area contributed by atoms with E-state index in [1.165, 1.54) is 6.08 Å². The molecule has 1 aliphatic heterocycles. The van der Waals surface area contributed by atoms with Crippen LogP contribution in [0.4, 0.5) is 0 Å². The van der Waals surface area contributed by atoms with Crippen LogP contribution in [0.3, 0.4) is 0 Å². The quantitative estimate of drug-likeness (QED) is 0.426. The van der Waals surface area contributed by atoms with Gasteiger partial charge in [-0.2, -0.15) is 0 Å². The topological polar surface area (TPSA) is 101 Å². The first kappa shape index (κ1) is 18.7. The molecule has 0 unspecified atom stereocenters. The predicted molar refractivity (Wildman–Crippen MR) is 107 cm³/mol. The number of hydrogen-bond acceptors (Lipinski definition) is 5. The molecule has 6 nitrogen and oxygen atoms in total. The number of ketones is 2. The van der Waals surface area contributed by atoms with Gasteiger partial charge < -0.3 is 5.11 Å². The number of rotatable bonds is 1. The summed E-state index contributed by atoms with van der Waals surface area (Å²) in [6.07, 6.45) is 4.08. The Morgan fingerprint density at radius 3 is 2.53 bits per heavy atom. The Bertz CT molecular complexity index is 1150. The fourth-order valence-electron chi connectivity index (χ4n) is 5.53. The maximum atomic E-state index is 13.0. The molecule has 0 bridgehead atoms. The zero-order valence-electron chi connectivity index (χ0n) is 16.7. The molecule has 152 valence electrons. The summed E-state index contributed by atoms with van der Waals surface area (Å²) in [5.41, 5.74) is 3.68. The van der Waals surface area contributed by atoms with Crippen LogP contribution in [0.1, 0.15) is 36.8 Å².